The van der Waals surface area contributed by atoms with E-state index >= 15 is 0 Å². The van der Waals surface area contributed by atoms with Gasteiger partial charge in [0.25, 0.3) is 0 Å². The van der Waals surface area contributed by atoms with Crippen LogP contribution >= 0.6 is 11.6 Å². The molecule has 0 radical (unpaired) electrons. The molecule has 0 bridgehead atoms. The molecule has 0 fully saturated rings. The van der Waals surface area contributed by atoms with Gasteiger partial charge >= 0.3 is 6.18 Å². The summed E-state index contributed by atoms with van der Waals surface area (Å²) in [5.74, 6) is -0.533. The summed E-state index contributed by atoms with van der Waals surface area (Å²) in [5, 5.41) is -0.606. The number of alkyl halides is 3. The topological polar surface area (TPSA) is 35.0 Å². The summed E-state index contributed by atoms with van der Waals surface area (Å²) in [5.41, 5.74) is -1.61. The van der Waals surface area contributed by atoms with Crippen molar-refractivity contribution in [3.8, 4) is 17.0 Å². The summed E-state index contributed by atoms with van der Waals surface area (Å²) >= 11 is 5.45. The van der Waals surface area contributed by atoms with Gasteiger partial charge in [-0.05, 0) is 29.8 Å². The molecule has 0 saturated heterocycles. The van der Waals surface area contributed by atoms with Crippen LogP contribution in [0.5, 0.6) is 5.75 Å². The van der Waals surface area contributed by atoms with E-state index in [1.807, 2.05) is 0 Å². The van der Waals surface area contributed by atoms with Crippen LogP contribution < -0.4 is 4.74 Å². The molecule has 2 rings (SSSR count). The molecule has 0 N–H and O–H groups in total. The molecule has 1 aromatic carbocycles. The summed E-state index contributed by atoms with van der Waals surface area (Å²) in [7, 11) is 1.34. The van der Waals surface area contributed by atoms with Gasteiger partial charge < -0.3 is 4.74 Å². The van der Waals surface area contributed by atoms with Crippen LogP contribution in [-0.4, -0.2) is 17.1 Å². The van der Waals surface area contributed by atoms with Crippen molar-refractivity contribution in [2.75, 3.05) is 7.11 Å². The third-order valence-corrected chi connectivity index (χ3v) is 2.61. The smallest absolute Gasteiger partial charge is 0.433 e. The first kappa shape index (κ1) is 14.5. The van der Waals surface area contributed by atoms with E-state index in [2.05, 4.69) is 9.97 Å². The van der Waals surface area contributed by atoms with Gasteiger partial charge in [0.2, 0.25) is 5.28 Å². The molecular weight excluding hydrogens is 300 g/mol. The van der Waals surface area contributed by atoms with Crippen LogP contribution in [0.4, 0.5) is 17.6 Å². The van der Waals surface area contributed by atoms with Gasteiger partial charge in [0.1, 0.15) is 17.3 Å². The molecule has 0 saturated carbocycles. The monoisotopic (exact) mass is 306 g/mol. The van der Waals surface area contributed by atoms with Crippen molar-refractivity contribution in [2.45, 2.75) is 6.18 Å². The number of hydrogen-bond acceptors (Lipinski definition) is 3. The quantitative estimate of drug-likeness (QED) is 0.622. The fourth-order valence-corrected chi connectivity index (χ4v) is 1.71. The zero-order chi connectivity index (χ0) is 14.9. The summed E-state index contributed by atoms with van der Waals surface area (Å²) in [6, 6.07) is 4.34. The van der Waals surface area contributed by atoms with E-state index in [1.165, 1.54) is 19.2 Å². The van der Waals surface area contributed by atoms with E-state index in [9.17, 15) is 17.6 Å². The summed E-state index contributed by atoms with van der Waals surface area (Å²) < 4.78 is 56.5. The Bertz CT molecular complexity index is 646. The highest BCUT2D eigenvalue weighted by Crippen LogP contribution is 2.32. The van der Waals surface area contributed by atoms with Gasteiger partial charge in [-0.25, -0.2) is 14.4 Å². The van der Waals surface area contributed by atoms with Crippen LogP contribution in [0.25, 0.3) is 11.3 Å². The van der Waals surface area contributed by atoms with Gasteiger partial charge in [-0.2, -0.15) is 13.2 Å². The maximum absolute atomic E-state index is 13.8. The minimum Gasteiger partial charge on any atom is -0.497 e. The van der Waals surface area contributed by atoms with Crippen molar-refractivity contribution >= 4 is 11.6 Å². The Balaban J connectivity index is 2.55. The third kappa shape index (κ3) is 2.98. The lowest BCUT2D eigenvalue weighted by molar-refractivity contribution is -0.141. The van der Waals surface area contributed by atoms with E-state index in [4.69, 9.17) is 16.3 Å². The first-order valence-corrected chi connectivity index (χ1v) is 5.65. The van der Waals surface area contributed by atoms with Crippen LogP contribution in [0, 0.1) is 5.82 Å². The summed E-state index contributed by atoms with van der Waals surface area (Å²) in [4.78, 5) is 6.68. The number of rotatable bonds is 2. The molecule has 0 spiro atoms. The lowest BCUT2D eigenvalue weighted by Gasteiger charge is -2.09. The first-order chi connectivity index (χ1) is 9.31. The maximum Gasteiger partial charge on any atom is 0.433 e. The number of aromatic nitrogens is 2. The number of nitrogens with zero attached hydrogens (tertiary/aromatic N) is 2. The van der Waals surface area contributed by atoms with E-state index in [0.717, 1.165) is 6.07 Å². The second kappa shape index (κ2) is 5.24. The standard InChI is InChI=1S/C12H7ClF4N2O/c1-20-6-2-3-7(8(14)4-6)9-5-10(12(15,16)17)19-11(13)18-9/h2-5H,1H3. The second-order valence-corrected chi connectivity index (χ2v) is 4.09. The number of hydrogen-bond donors (Lipinski definition) is 0. The van der Waals surface area contributed by atoms with Crippen LogP contribution in [0.15, 0.2) is 24.3 Å². The second-order valence-electron chi connectivity index (χ2n) is 3.75. The van der Waals surface area contributed by atoms with Crippen molar-refractivity contribution in [3.05, 3.63) is 41.1 Å². The third-order valence-electron chi connectivity index (χ3n) is 2.44. The average molecular weight is 307 g/mol. The van der Waals surface area contributed by atoms with E-state index in [-0.39, 0.29) is 17.0 Å². The van der Waals surface area contributed by atoms with Gasteiger partial charge in [-0.3, -0.25) is 0 Å². The minimum absolute atomic E-state index is 0.124. The van der Waals surface area contributed by atoms with Crippen molar-refractivity contribution < 1.29 is 22.3 Å². The van der Waals surface area contributed by atoms with E-state index in [1.54, 1.807) is 0 Å². The van der Waals surface area contributed by atoms with Gasteiger partial charge in [0.15, 0.2) is 0 Å². The van der Waals surface area contributed by atoms with Crippen LogP contribution in [0.2, 0.25) is 5.28 Å². The Hall–Kier alpha value is -1.89. The molecule has 1 heterocycles. The predicted octanol–water partition coefficient (Wildman–Crippen LogP) is 3.96. The fraction of sp³-hybridized carbons (Fsp3) is 0.167. The minimum atomic E-state index is -4.69. The summed E-state index contributed by atoms with van der Waals surface area (Å²) in [6.07, 6.45) is -4.69. The zero-order valence-electron chi connectivity index (χ0n) is 10.0. The molecule has 3 nitrogen and oxygen atoms in total. The van der Waals surface area contributed by atoms with Gasteiger partial charge in [-0.15, -0.1) is 0 Å². The zero-order valence-corrected chi connectivity index (χ0v) is 10.8. The molecule has 2 aromatic rings. The van der Waals surface area contributed by atoms with Crippen LogP contribution in [-0.2, 0) is 6.18 Å². The Kier molecular flexibility index (Phi) is 3.80. The molecule has 0 atom stereocenters. The normalized spacial score (nSPS) is 11.5. The number of ether oxygens (including phenoxy) is 1. The molecule has 0 aliphatic rings. The van der Waals surface area contributed by atoms with Crippen molar-refractivity contribution in [1.29, 1.82) is 0 Å². The largest absolute Gasteiger partial charge is 0.497 e. The predicted molar refractivity (Wildman–Crippen MR) is 64.0 cm³/mol. The Morgan fingerprint density at radius 2 is 1.85 bits per heavy atom. The van der Waals surface area contributed by atoms with Crippen LogP contribution in [0.3, 0.4) is 0 Å². The lowest BCUT2D eigenvalue weighted by Crippen LogP contribution is -2.09. The highest BCUT2D eigenvalue weighted by atomic mass is 35.5. The maximum atomic E-state index is 13.8. The SMILES string of the molecule is COc1ccc(-c2cc(C(F)(F)F)nc(Cl)n2)c(F)c1. The fourth-order valence-electron chi connectivity index (χ4n) is 1.53. The summed E-state index contributed by atoms with van der Waals surface area (Å²) in [6.45, 7) is 0. The number of methoxy groups -OCH3 is 1. The molecule has 0 aliphatic heterocycles. The Morgan fingerprint density at radius 3 is 2.40 bits per heavy atom. The highest BCUT2D eigenvalue weighted by Gasteiger charge is 2.33. The first-order valence-electron chi connectivity index (χ1n) is 5.27. The Labute approximate surface area is 116 Å². The van der Waals surface area contributed by atoms with Crippen molar-refractivity contribution in [1.82, 2.24) is 9.97 Å². The Morgan fingerprint density at radius 1 is 1.15 bits per heavy atom. The molecular formula is C12H7ClF4N2O. The van der Waals surface area contributed by atoms with Crippen molar-refractivity contribution in [2.24, 2.45) is 0 Å². The molecule has 106 valence electrons. The molecule has 20 heavy (non-hydrogen) atoms. The van der Waals surface area contributed by atoms with Gasteiger partial charge in [0.05, 0.1) is 12.8 Å². The highest BCUT2D eigenvalue weighted by molar-refractivity contribution is 6.28. The van der Waals surface area contributed by atoms with Gasteiger partial charge in [-0.1, -0.05) is 0 Å². The average Bonchev–Trinajstić information content (AvgIpc) is 2.36. The van der Waals surface area contributed by atoms with Crippen molar-refractivity contribution in [3.63, 3.8) is 0 Å². The van der Waals surface area contributed by atoms with E-state index < -0.39 is 23.0 Å². The molecule has 0 amide bonds. The lowest BCUT2D eigenvalue weighted by atomic mass is 10.1. The molecule has 8 heteroatoms. The number of benzene rings is 1. The molecule has 0 aliphatic carbocycles. The van der Waals surface area contributed by atoms with Gasteiger partial charge in [0, 0.05) is 11.6 Å². The van der Waals surface area contributed by atoms with Crippen LogP contribution in [0.1, 0.15) is 5.69 Å². The number of halogens is 5. The molecule has 1 aromatic heterocycles. The van der Waals surface area contributed by atoms with E-state index in [0.29, 0.717) is 6.07 Å². The molecule has 0 unspecified atom stereocenters.